The highest BCUT2D eigenvalue weighted by molar-refractivity contribution is 6.67. The Morgan fingerprint density at radius 1 is 0.195 bits per heavy atom. The fraction of sp³-hybridized carbons (Fsp3) is 0.239. The third kappa shape index (κ3) is 17.8. The molecule has 87 heavy (non-hydrogen) atoms. The summed E-state index contributed by atoms with van der Waals surface area (Å²) < 4.78 is 49.9. The van der Waals surface area contributed by atoms with Gasteiger partial charge in [-0.25, -0.2) is 0 Å². The van der Waals surface area contributed by atoms with Crippen LogP contribution in [0.5, 0.6) is 69.0 Å². The first-order valence-corrected chi connectivity index (χ1v) is 40.3. The molecule has 0 spiro atoms. The Morgan fingerprint density at radius 3 is 0.448 bits per heavy atom. The van der Waals surface area contributed by atoms with Gasteiger partial charge in [0.1, 0.15) is 69.0 Å². The summed E-state index contributed by atoms with van der Waals surface area (Å²) >= 11 is 0. The minimum atomic E-state index is -2.58. The van der Waals surface area contributed by atoms with Gasteiger partial charge in [-0.05, 0) is 179 Å². The molecule has 0 unspecified atom stereocenters. The largest absolute Gasteiger partial charge is 0.512 e. The minimum Gasteiger partial charge on any atom is -0.512 e. The molecule has 12 nitrogen and oxygen atoms in total. The number of aromatic hydroxyl groups is 4. The summed E-state index contributed by atoms with van der Waals surface area (Å²) in [4.78, 5) is 0. The third-order valence-corrected chi connectivity index (χ3v) is 20.7. The van der Waals surface area contributed by atoms with E-state index in [1.165, 1.54) is 11.1 Å². The molecule has 0 aliphatic heterocycles. The Hall–Kier alpha value is -8.55. The zero-order valence-corrected chi connectivity index (χ0v) is 56.3. The first kappa shape index (κ1) is 64.4. The molecule has 0 atom stereocenters. The van der Waals surface area contributed by atoms with E-state index < -0.39 is 34.2 Å². The maximum Gasteiger partial charge on any atom is 0.454 e. The molecule has 9 rings (SSSR count). The van der Waals surface area contributed by atoms with E-state index in [-0.39, 0.29) is 39.2 Å². The summed E-state index contributed by atoms with van der Waals surface area (Å²) in [6.07, 6.45) is 0. The van der Waals surface area contributed by atoms with Crippen LogP contribution in [0.4, 0.5) is 0 Å². The van der Waals surface area contributed by atoms with E-state index in [0.29, 0.717) is 23.0 Å². The van der Waals surface area contributed by atoms with Crippen molar-refractivity contribution in [3.8, 4) is 69.0 Å². The topological polar surface area (TPSA) is 155 Å². The number of rotatable bonds is 22. The third-order valence-electron chi connectivity index (χ3n) is 14.9. The van der Waals surface area contributed by atoms with Crippen LogP contribution in [0.15, 0.2) is 218 Å². The fourth-order valence-electron chi connectivity index (χ4n) is 9.97. The van der Waals surface area contributed by atoms with Gasteiger partial charge in [0.15, 0.2) is 0 Å². The molecule has 0 radical (unpaired) electrons. The van der Waals surface area contributed by atoms with E-state index in [0.717, 1.165) is 45.3 Å². The van der Waals surface area contributed by atoms with E-state index in [9.17, 15) is 20.4 Å². The first-order chi connectivity index (χ1) is 40.8. The highest BCUT2D eigenvalue weighted by Gasteiger charge is 2.34. The lowest BCUT2D eigenvalue weighted by molar-refractivity contribution is 0.392. The van der Waals surface area contributed by atoms with E-state index in [4.69, 9.17) is 35.4 Å². The maximum atomic E-state index is 9.72. The monoisotopic (exact) mass is 1240 g/mol. The molecule has 0 saturated carbocycles. The molecule has 9 aromatic rings. The van der Waals surface area contributed by atoms with Crippen molar-refractivity contribution in [1.82, 2.24) is 0 Å². The van der Waals surface area contributed by atoms with E-state index >= 15 is 0 Å². The van der Waals surface area contributed by atoms with Crippen LogP contribution in [0, 0.1) is 0 Å². The van der Waals surface area contributed by atoms with Gasteiger partial charge in [0.05, 0.1) is 0 Å². The zero-order chi connectivity index (χ0) is 63.0. The number of phenolic OH excluding ortho intramolecular Hbond substituents is 4. The Labute approximate surface area is 518 Å². The van der Waals surface area contributed by atoms with Crippen molar-refractivity contribution >= 4 is 34.2 Å². The van der Waals surface area contributed by atoms with Crippen LogP contribution in [0.2, 0.25) is 52.4 Å². The molecule has 0 saturated heterocycles. The second kappa shape index (κ2) is 26.2. The summed E-state index contributed by atoms with van der Waals surface area (Å²) in [5.41, 5.74) is 6.22. The molecule has 4 N–H and O–H groups in total. The van der Waals surface area contributed by atoms with Crippen LogP contribution >= 0.6 is 0 Å². The highest BCUT2D eigenvalue weighted by atomic mass is 28.4. The van der Waals surface area contributed by atoms with Gasteiger partial charge in [-0.15, -0.1) is 0 Å². The Kier molecular flexibility index (Phi) is 19.4. The molecular weight excluding hydrogens is 1160 g/mol. The molecule has 454 valence electrons. The average molecular weight is 1240 g/mol. The molecule has 0 bridgehead atoms. The van der Waals surface area contributed by atoms with Gasteiger partial charge >= 0.3 is 34.2 Å². The van der Waals surface area contributed by atoms with Crippen molar-refractivity contribution in [2.45, 2.75) is 110 Å². The van der Waals surface area contributed by atoms with Gasteiger partial charge in [-0.3, -0.25) is 0 Å². The van der Waals surface area contributed by atoms with Crippen molar-refractivity contribution < 1.29 is 55.8 Å². The maximum absolute atomic E-state index is 9.72. The number of phenols is 4. The van der Waals surface area contributed by atoms with Crippen molar-refractivity contribution in [2.75, 3.05) is 0 Å². The van der Waals surface area contributed by atoms with Crippen LogP contribution < -0.4 is 35.4 Å². The van der Waals surface area contributed by atoms with Crippen LogP contribution in [-0.2, 0) is 16.2 Å². The van der Waals surface area contributed by atoms with Gasteiger partial charge < -0.3 is 55.8 Å². The number of benzene rings is 9. The Balaban J connectivity index is 0.000000274. The molecule has 16 heteroatoms. The van der Waals surface area contributed by atoms with E-state index in [1.807, 2.05) is 123 Å². The van der Waals surface area contributed by atoms with Gasteiger partial charge in [0.2, 0.25) is 0 Å². The van der Waals surface area contributed by atoms with Gasteiger partial charge in [0, 0.05) is 68.6 Å². The normalized spacial score (nSPS) is 12.2. The van der Waals surface area contributed by atoms with Crippen molar-refractivity contribution in [1.29, 1.82) is 0 Å². The lowest BCUT2D eigenvalue weighted by Crippen LogP contribution is -2.42. The predicted octanol–water partition coefficient (Wildman–Crippen LogP) is 17.8. The summed E-state index contributed by atoms with van der Waals surface area (Å²) in [5, 5.41) is 38.2. The molecule has 9 aromatic carbocycles. The van der Waals surface area contributed by atoms with E-state index in [1.54, 1.807) is 72.8 Å². The molecular formula is C71H82O12Si4. The molecule has 0 fully saturated rings. The molecule has 0 aliphatic rings. The standard InChI is InChI=1S/C49H56O6Si2.C22H26O6Si2/c1-47(2,35-11-23-41(50)24-12-35)37-15-27-43(28-16-37)52-56(7,8)54-45-31-19-39(20-32-45)49(5,6)40-21-33-46(34-22-40)55-57(9,10)53-44-29-17-38(18-30-44)48(3,4)36-13-25-42(51)26-14-36;1-29(2,25-19-9-5-17(23)6-10-19)27-21-13-15-22(16-14-21)28-30(3,4)26-20-11-7-18(24)8-12-20/h11-34,50-51H,1-10H3;5-16,23-24H,1-4H3. The molecule has 0 aliphatic carbocycles. The smallest absolute Gasteiger partial charge is 0.454 e. The minimum absolute atomic E-state index is 0.194. The number of hydrogen-bond donors (Lipinski definition) is 4. The molecule has 0 heterocycles. The van der Waals surface area contributed by atoms with Crippen LogP contribution in [0.3, 0.4) is 0 Å². The quantitative estimate of drug-likeness (QED) is 0.0478. The molecule has 0 aromatic heterocycles. The van der Waals surface area contributed by atoms with Gasteiger partial charge in [-0.2, -0.15) is 0 Å². The van der Waals surface area contributed by atoms with Crippen molar-refractivity contribution in [2.24, 2.45) is 0 Å². The SMILES string of the molecule is CC(C)(c1ccc(O)cc1)c1ccc(O[Si](C)(C)Oc2ccc(C(C)(C)c3ccc(O[Si](C)(C)Oc4ccc(C(C)(C)c5ccc(O)cc5)cc4)cc3)cc2)cc1.C[Si](C)(Oc1ccc(O)cc1)Oc1ccc(O[Si](C)(C)Oc2ccc(O)cc2)cc1. The zero-order valence-electron chi connectivity index (χ0n) is 52.3. The fourth-order valence-corrected chi connectivity index (χ4v) is 15.8. The van der Waals surface area contributed by atoms with Crippen LogP contribution in [-0.4, -0.2) is 54.7 Å². The van der Waals surface area contributed by atoms with Crippen molar-refractivity contribution in [3.63, 3.8) is 0 Å². The van der Waals surface area contributed by atoms with Crippen LogP contribution in [0.1, 0.15) is 74.9 Å². The summed E-state index contributed by atoms with van der Waals surface area (Å²) in [6.45, 7) is 29.2. The lowest BCUT2D eigenvalue weighted by Gasteiger charge is -2.29. The van der Waals surface area contributed by atoms with Gasteiger partial charge in [0.25, 0.3) is 0 Å². The first-order valence-electron chi connectivity index (χ1n) is 29.1. The van der Waals surface area contributed by atoms with Crippen LogP contribution in [0.25, 0.3) is 0 Å². The Bertz CT molecular complexity index is 3400. The van der Waals surface area contributed by atoms with Gasteiger partial charge in [-0.1, -0.05) is 114 Å². The lowest BCUT2D eigenvalue weighted by atomic mass is 9.78. The predicted molar refractivity (Wildman–Crippen MR) is 356 cm³/mol. The van der Waals surface area contributed by atoms with Crippen molar-refractivity contribution in [3.05, 3.63) is 252 Å². The summed E-state index contributed by atoms with van der Waals surface area (Å²) in [6, 6.07) is 68.4. The number of hydrogen-bond acceptors (Lipinski definition) is 12. The summed E-state index contributed by atoms with van der Waals surface area (Å²) in [7, 11) is -10.1. The highest BCUT2D eigenvalue weighted by Crippen LogP contribution is 2.38. The second-order valence-corrected chi connectivity index (χ2v) is 37.8. The summed E-state index contributed by atoms with van der Waals surface area (Å²) in [5.74, 6) is 6.73. The van der Waals surface area contributed by atoms with E-state index in [2.05, 4.69) is 116 Å². The second-order valence-electron chi connectivity index (χ2n) is 24.9. The molecule has 0 amide bonds. The Morgan fingerprint density at radius 2 is 0.299 bits per heavy atom. The average Bonchev–Trinajstić information content (AvgIpc) is 2.22.